The zero-order valence-corrected chi connectivity index (χ0v) is 8.36. The van der Waals surface area contributed by atoms with Crippen LogP contribution < -0.4 is 0 Å². The molecule has 66 valence electrons. The quantitative estimate of drug-likeness (QED) is 0.646. The molecular weight excluding hydrogens is 166 g/mol. The fourth-order valence-corrected chi connectivity index (χ4v) is 2.85. The molecule has 0 radical (unpaired) electrons. The summed E-state index contributed by atoms with van der Waals surface area (Å²) in [5, 5.41) is 1.38. The van der Waals surface area contributed by atoms with Crippen LogP contribution in [0.15, 0.2) is 6.20 Å². The lowest BCUT2D eigenvalue weighted by Crippen LogP contribution is -2.03. The zero-order valence-electron chi connectivity index (χ0n) is 7.55. The van der Waals surface area contributed by atoms with Crippen LogP contribution in [-0.2, 0) is 0 Å². The van der Waals surface area contributed by atoms with Crippen molar-refractivity contribution in [2.45, 2.75) is 44.9 Å². The third-order valence-electron chi connectivity index (χ3n) is 2.59. The van der Waals surface area contributed by atoms with E-state index >= 15 is 0 Å². The summed E-state index contributed by atoms with van der Waals surface area (Å²) in [5.41, 5.74) is 0. The first kappa shape index (κ1) is 8.24. The zero-order chi connectivity index (χ0) is 8.39. The summed E-state index contributed by atoms with van der Waals surface area (Å²) in [6, 6.07) is 0. The molecule has 1 aliphatic carbocycles. The fourth-order valence-electron chi connectivity index (χ4n) is 1.91. The van der Waals surface area contributed by atoms with Crippen LogP contribution in [0.1, 0.15) is 47.9 Å². The molecule has 1 aromatic rings. The lowest BCUT2D eigenvalue weighted by atomic mass is 9.90. The topological polar surface area (TPSA) is 12.9 Å². The summed E-state index contributed by atoms with van der Waals surface area (Å²) in [4.78, 5) is 5.81. The highest BCUT2D eigenvalue weighted by Gasteiger charge is 2.17. The molecule has 1 aromatic heterocycles. The van der Waals surface area contributed by atoms with Gasteiger partial charge in [-0.2, -0.15) is 0 Å². The van der Waals surface area contributed by atoms with Gasteiger partial charge in [-0.15, -0.1) is 11.3 Å². The molecule has 0 bridgehead atoms. The van der Waals surface area contributed by atoms with E-state index in [1.165, 1.54) is 42.0 Å². The highest BCUT2D eigenvalue weighted by molar-refractivity contribution is 7.11. The molecule has 0 N–H and O–H groups in total. The number of aryl methyl sites for hydroxylation is 1. The van der Waals surface area contributed by atoms with Crippen molar-refractivity contribution in [2.75, 3.05) is 0 Å². The minimum atomic E-state index is 0.789. The summed E-state index contributed by atoms with van der Waals surface area (Å²) in [7, 11) is 0. The summed E-state index contributed by atoms with van der Waals surface area (Å²) in [5.74, 6) is 0.789. The Morgan fingerprint density at radius 3 is 2.67 bits per heavy atom. The van der Waals surface area contributed by atoms with Gasteiger partial charge in [0.05, 0.1) is 5.01 Å². The van der Waals surface area contributed by atoms with Crippen molar-refractivity contribution < 1.29 is 0 Å². The van der Waals surface area contributed by atoms with Gasteiger partial charge in [-0.1, -0.05) is 19.3 Å². The number of hydrogen-bond donors (Lipinski definition) is 0. The van der Waals surface area contributed by atoms with Crippen LogP contribution in [0.2, 0.25) is 0 Å². The van der Waals surface area contributed by atoms with Crippen molar-refractivity contribution >= 4 is 11.3 Å². The van der Waals surface area contributed by atoms with Crippen molar-refractivity contribution in [1.82, 2.24) is 4.98 Å². The van der Waals surface area contributed by atoms with Crippen molar-refractivity contribution in [1.29, 1.82) is 0 Å². The van der Waals surface area contributed by atoms with Gasteiger partial charge in [-0.25, -0.2) is 4.98 Å². The minimum absolute atomic E-state index is 0.789. The molecular formula is C10H15NS. The maximum atomic E-state index is 4.46. The number of aromatic nitrogens is 1. The first-order valence-electron chi connectivity index (χ1n) is 4.78. The molecule has 0 amide bonds. The van der Waals surface area contributed by atoms with Crippen LogP contribution in [0.3, 0.4) is 0 Å². The average Bonchev–Trinajstić information content (AvgIpc) is 2.54. The molecule has 0 spiro atoms. The molecule has 1 heterocycles. The first-order valence-corrected chi connectivity index (χ1v) is 5.60. The molecule has 0 saturated heterocycles. The van der Waals surface area contributed by atoms with E-state index in [1.807, 2.05) is 17.5 Å². The second-order valence-electron chi connectivity index (χ2n) is 3.64. The van der Waals surface area contributed by atoms with E-state index in [1.54, 1.807) is 0 Å². The van der Waals surface area contributed by atoms with Crippen molar-refractivity contribution in [3.8, 4) is 0 Å². The smallest absolute Gasteiger partial charge is 0.0958 e. The summed E-state index contributed by atoms with van der Waals surface area (Å²) in [6.07, 6.45) is 8.99. The Labute approximate surface area is 77.8 Å². The fraction of sp³-hybridized carbons (Fsp3) is 0.700. The molecule has 1 fully saturated rings. The second-order valence-corrected chi connectivity index (χ2v) is 4.91. The first-order chi connectivity index (χ1) is 5.86. The van der Waals surface area contributed by atoms with Crippen LogP contribution in [0.4, 0.5) is 0 Å². The molecule has 1 saturated carbocycles. The van der Waals surface area contributed by atoms with E-state index < -0.39 is 0 Å². The van der Waals surface area contributed by atoms with E-state index in [9.17, 15) is 0 Å². The molecule has 1 nitrogen and oxygen atoms in total. The largest absolute Gasteiger partial charge is 0.249 e. The predicted molar refractivity (Wildman–Crippen MR) is 52.7 cm³/mol. The SMILES string of the molecule is Cc1cnc(C2CCCCC2)s1. The van der Waals surface area contributed by atoms with Gasteiger partial charge in [0, 0.05) is 17.0 Å². The van der Waals surface area contributed by atoms with Gasteiger partial charge in [-0.05, 0) is 19.8 Å². The number of rotatable bonds is 1. The molecule has 1 aliphatic rings. The Bertz CT molecular complexity index is 248. The molecule has 0 atom stereocenters. The monoisotopic (exact) mass is 181 g/mol. The Morgan fingerprint density at radius 1 is 1.33 bits per heavy atom. The molecule has 12 heavy (non-hydrogen) atoms. The summed E-state index contributed by atoms with van der Waals surface area (Å²) >= 11 is 1.88. The Kier molecular flexibility index (Phi) is 2.45. The highest BCUT2D eigenvalue weighted by Crippen LogP contribution is 2.34. The van der Waals surface area contributed by atoms with Crippen molar-refractivity contribution in [2.24, 2.45) is 0 Å². The lowest BCUT2D eigenvalue weighted by Gasteiger charge is -2.18. The minimum Gasteiger partial charge on any atom is -0.249 e. The molecule has 0 aromatic carbocycles. The van der Waals surface area contributed by atoms with Gasteiger partial charge < -0.3 is 0 Å². The van der Waals surface area contributed by atoms with Gasteiger partial charge in [0.15, 0.2) is 0 Å². The second kappa shape index (κ2) is 3.56. The summed E-state index contributed by atoms with van der Waals surface area (Å²) < 4.78 is 0. The van der Waals surface area contributed by atoms with Crippen LogP contribution in [0, 0.1) is 6.92 Å². The predicted octanol–water partition coefficient (Wildman–Crippen LogP) is 3.50. The van der Waals surface area contributed by atoms with E-state index in [2.05, 4.69) is 11.9 Å². The van der Waals surface area contributed by atoms with Gasteiger partial charge in [0.2, 0.25) is 0 Å². The van der Waals surface area contributed by atoms with Crippen molar-refractivity contribution in [3.63, 3.8) is 0 Å². The molecule has 0 aliphatic heterocycles. The summed E-state index contributed by atoms with van der Waals surface area (Å²) in [6.45, 7) is 2.14. The number of nitrogens with zero attached hydrogens (tertiary/aromatic N) is 1. The van der Waals surface area contributed by atoms with Crippen LogP contribution in [0.25, 0.3) is 0 Å². The van der Waals surface area contributed by atoms with Gasteiger partial charge >= 0.3 is 0 Å². The van der Waals surface area contributed by atoms with Crippen molar-refractivity contribution in [3.05, 3.63) is 16.1 Å². The van der Waals surface area contributed by atoms with E-state index in [4.69, 9.17) is 0 Å². The molecule has 2 heteroatoms. The molecule has 2 rings (SSSR count). The Morgan fingerprint density at radius 2 is 2.08 bits per heavy atom. The maximum absolute atomic E-state index is 4.46. The highest BCUT2D eigenvalue weighted by atomic mass is 32.1. The third kappa shape index (κ3) is 1.69. The Balaban J connectivity index is 2.08. The van der Waals surface area contributed by atoms with E-state index in [0.717, 1.165) is 5.92 Å². The molecule has 0 unspecified atom stereocenters. The normalized spacial score (nSPS) is 19.8. The number of hydrogen-bond acceptors (Lipinski definition) is 2. The number of thiazole rings is 1. The van der Waals surface area contributed by atoms with Gasteiger partial charge in [0.25, 0.3) is 0 Å². The van der Waals surface area contributed by atoms with E-state index in [0.29, 0.717) is 0 Å². The lowest BCUT2D eigenvalue weighted by molar-refractivity contribution is 0.442. The standard InChI is InChI=1S/C10H15NS/c1-8-7-11-10(12-8)9-5-3-2-4-6-9/h7,9H,2-6H2,1H3. The van der Waals surface area contributed by atoms with Crippen LogP contribution in [-0.4, -0.2) is 4.98 Å². The van der Waals surface area contributed by atoms with Crippen LogP contribution >= 0.6 is 11.3 Å². The van der Waals surface area contributed by atoms with E-state index in [-0.39, 0.29) is 0 Å². The van der Waals surface area contributed by atoms with Gasteiger partial charge in [-0.3, -0.25) is 0 Å². The third-order valence-corrected chi connectivity index (χ3v) is 3.67. The average molecular weight is 181 g/mol. The van der Waals surface area contributed by atoms with Gasteiger partial charge in [0.1, 0.15) is 0 Å². The Hall–Kier alpha value is -0.370. The maximum Gasteiger partial charge on any atom is 0.0958 e. The van der Waals surface area contributed by atoms with Crippen LogP contribution in [0.5, 0.6) is 0 Å².